The van der Waals surface area contributed by atoms with Gasteiger partial charge in [0.2, 0.25) is 5.89 Å². The van der Waals surface area contributed by atoms with Crippen LogP contribution in [0.2, 0.25) is 0 Å². The molecule has 0 saturated heterocycles. The summed E-state index contributed by atoms with van der Waals surface area (Å²) in [5.74, 6) is 0.251. The Hall–Kier alpha value is -1.40. The van der Waals surface area contributed by atoms with Gasteiger partial charge in [0.15, 0.2) is 0 Å². The van der Waals surface area contributed by atoms with E-state index in [9.17, 15) is 4.39 Å². The van der Waals surface area contributed by atoms with E-state index in [1.807, 2.05) is 6.92 Å². The van der Waals surface area contributed by atoms with Gasteiger partial charge < -0.3 is 10.2 Å². The van der Waals surface area contributed by atoms with Crippen LogP contribution in [0.4, 0.5) is 4.39 Å². The highest BCUT2D eigenvalue weighted by atomic mass is 32.2. The summed E-state index contributed by atoms with van der Waals surface area (Å²) in [6.45, 7) is 3.74. The molecule has 0 bridgehead atoms. The lowest BCUT2D eigenvalue weighted by Crippen LogP contribution is -2.21. The minimum atomic E-state index is -0.260. The minimum absolute atomic E-state index is 0.0190. The minimum Gasteiger partial charge on any atom is -0.416 e. The monoisotopic (exact) mass is 281 g/mol. The lowest BCUT2D eigenvalue weighted by molar-refractivity contribution is 0.429. The van der Waals surface area contributed by atoms with Crippen molar-refractivity contribution in [3.8, 4) is 0 Å². The number of nitrogens with zero attached hydrogens (tertiary/aromatic N) is 2. The number of aryl methyl sites for hydroxylation is 1. The first-order valence-corrected chi connectivity index (χ1v) is 6.92. The highest BCUT2D eigenvalue weighted by molar-refractivity contribution is 7.99. The van der Waals surface area contributed by atoms with Gasteiger partial charge in [-0.3, -0.25) is 0 Å². The van der Waals surface area contributed by atoms with Crippen molar-refractivity contribution in [1.29, 1.82) is 0 Å². The van der Waals surface area contributed by atoms with Crippen LogP contribution in [0, 0.1) is 12.7 Å². The van der Waals surface area contributed by atoms with E-state index < -0.39 is 0 Å². The molecule has 4 nitrogen and oxygen atoms in total. The molecule has 1 aromatic carbocycles. The van der Waals surface area contributed by atoms with Crippen LogP contribution in [0.5, 0.6) is 0 Å². The average molecular weight is 281 g/mol. The quantitative estimate of drug-likeness (QED) is 0.912. The zero-order valence-electron chi connectivity index (χ0n) is 10.9. The summed E-state index contributed by atoms with van der Waals surface area (Å²) in [5, 5.41) is 8.15. The Balaban J connectivity index is 2.23. The molecule has 2 aromatic rings. The fraction of sp³-hybridized carbons (Fsp3) is 0.385. The summed E-state index contributed by atoms with van der Waals surface area (Å²) in [5.41, 5.74) is 6.81. The Labute approximate surface area is 115 Å². The van der Waals surface area contributed by atoms with Crippen LogP contribution >= 0.6 is 11.8 Å². The molecule has 0 aliphatic rings. The first kappa shape index (κ1) is 14.0. The number of nitrogens with two attached hydrogens (primary N) is 1. The fourth-order valence-corrected chi connectivity index (χ4v) is 2.49. The van der Waals surface area contributed by atoms with Crippen molar-refractivity contribution in [3.05, 3.63) is 35.5 Å². The predicted octanol–water partition coefficient (Wildman–Crippen LogP) is 2.95. The number of aromatic nitrogens is 2. The molecule has 1 aromatic heterocycles. The molecule has 6 heteroatoms. The van der Waals surface area contributed by atoms with E-state index in [-0.39, 0.29) is 11.9 Å². The largest absolute Gasteiger partial charge is 0.416 e. The molecule has 0 amide bonds. The Morgan fingerprint density at radius 2 is 2.21 bits per heavy atom. The molecule has 19 heavy (non-hydrogen) atoms. The van der Waals surface area contributed by atoms with Crippen LogP contribution in [0.15, 0.2) is 32.7 Å². The Bertz CT molecular complexity index is 559. The summed E-state index contributed by atoms with van der Waals surface area (Å²) < 4.78 is 18.7. The number of rotatable bonds is 5. The van der Waals surface area contributed by atoms with Gasteiger partial charge in [0.05, 0.1) is 0 Å². The van der Waals surface area contributed by atoms with Gasteiger partial charge in [0.1, 0.15) is 5.82 Å². The molecular formula is C13H16FN3OS. The second kappa shape index (κ2) is 6.16. The maximum absolute atomic E-state index is 13.3. The summed E-state index contributed by atoms with van der Waals surface area (Å²) in [7, 11) is 0. The standard InChI is InChI=1S/C13H16FN3OS/c1-3-11(15)7-9-6-10(14)4-5-12(9)19-13-17-16-8(2)18-13/h4-6,11H,3,7,15H2,1-2H3. The average Bonchev–Trinajstić information content (AvgIpc) is 2.78. The maximum atomic E-state index is 13.3. The summed E-state index contributed by atoms with van der Waals surface area (Å²) >= 11 is 1.33. The van der Waals surface area contributed by atoms with Gasteiger partial charge in [-0.2, -0.15) is 0 Å². The van der Waals surface area contributed by atoms with E-state index in [1.165, 1.54) is 23.9 Å². The topological polar surface area (TPSA) is 64.9 Å². The van der Waals surface area contributed by atoms with E-state index in [1.54, 1.807) is 13.0 Å². The molecule has 0 aliphatic carbocycles. The molecule has 0 radical (unpaired) electrons. The fourth-order valence-electron chi connectivity index (χ4n) is 1.65. The molecule has 102 valence electrons. The summed E-state index contributed by atoms with van der Waals surface area (Å²) in [6.07, 6.45) is 1.48. The van der Waals surface area contributed by atoms with E-state index in [4.69, 9.17) is 10.2 Å². The van der Waals surface area contributed by atoms with Gasteiger partial charge in [-0.05, 0) is 48.4 Å². The molecule has 1 atom stereocenters. The van der Waals surface area contributed by atoms with Gasteiger partial charge in [0, 0.05) is 17.9 Å². The SMILES string of the molecule is CCC(N)Cc1cc(F)ccc1Sc1nnc(C)o1. The normalized spacial score (nSPS) is 12.6. The molecule has 0 saturated carbocycles. The van der Waals surface area contributed by atoms with Crippen molar-refractivity contribution in [3.63, 3.8) is 0 Å². The Morgan fingerprint density at radius 3 is 2.84 bits per heavy atom. The lowest BCUT2D eigenvalue weighted by atomic mass is 10.0. The number of halogens is 1. The van der Waals surface area contributed by atoms with Gasteiger partial charge in [-0.1, -0.05) is 6.92 Å². The van der Waals surface area contributed by atoms with Crippen molar-refractivity contribution in [2.45, 2.75) is 42.8 Å². The van der Waals surface area contributed by atoms with Crippen LogP contribution in [-0.2, 0) is 6.42 Å². The van der Waals surface area contributed by atoms with E-state index in [0.717, 1.165) is 16.9 Å². The van der Waals surface area contributed by atoms with Gasteiger partial charge in [-0.25, -0.2) is 4.39 Å². The van der Waals surface area contributed by atoms with Crippen LogP contribution in [0.3, 0.4) is 0 Å². The van der Waals surface area contributed by atoms with Crippen molar-refractivity contribution < 1.29 is 8.81 Å². The van der Waals surface area contributed by atoms with E-state index in [2.05, 4.69) is 10.2 Å². The molecular weight excluding hydrogens is 265 g/mol. The third-order valence-electron chi connectivity index (χ3n) is 2.73. The molecule has 0 fully saturated rings. The number of benzene rings is 1. The zero-order chi connectivity index (χ0) is 13.8. The number of hydrogen-bond donors (Lipinski definition) is 1. The second-order valence-electron chi connectivity index (χ2n) is 4.31. The van der Waals surface area contributed by atoms with Crippen LogP contribution in [0.25, 0.3) is 0 Å². The first-order valence-electron chi connectivity index (χ1n) is 6.10. The highest BCUT2D eigenvalue weighted by Gasteiger charge is 2.12. The Kier molecular flexibility index (Phi) is 4.55. The molecule has 0 aliphatic heterocycles. The van der Waals surface area contributed by atoms with Crippen molar-refractivity contribution >= 4 is 11.8 Å². The molecule has 2 rings (SSSR count). The van der Waals surface area contributed by atoms with Gasteiger partial charge in [0.25, 0.3) is 5.22 Å². The van der Waals surface area contributed by atoms with Crippen molar-refractivity contribution in [2.24, 2.45) is 5.73 Å². The van der Waals surface area contributed by atoms with Crippen LogP contribution in [0.1, 0.15) is 24.8 Å². The molecule has 2 N–H and O–H groups in total. The van der Waals surface area contributed by atoms with Gasteiger partial charge >= 0.3 is 0 Å². The summed E-state index contributed by atoms with van der Waals surface area (Å²) in [4.78, 5) is 0.897. The van der Waals surface area contributed by atoms with Crippen molar-refractivity contribution in [1.82, 2.24) is 10.2 Å². The maximum Gasteiger partial charge on any atom is 0.281 e. The summed E-state index contributed by atoms with van der Waals surface area (Å²) in [6, 6.07) is 4.68. The molecule has 1 heterocycles. The van der Waals surface area contributed by atoms with Crippen molar-refractivity contribution in [2.75, 3.05) is 0 Å². The van der Waals surface area contributed by atoms with Crippen LogP contribution in [-0.4, -0.2) is 16.2 Å². The van der Waals surface area contributed by atoms with Gasteiger partial charge in [-0.15, -0.1) is 10.2 Å². The predicted molar refractivity (Wildman–Crippen MR) is 71.5 cm³/mol. The molecule has 0 spiro atoms. The highest BCUT2D eigenvalue weighted by Crippen LogP contribution is 2.30. The molecule has 1 unspecified atom stereocenters. The third kappa shape index (κ3) is 3.78. The third-order valence-corrected chi connectivity index (χ3v) is 3.69. The van der Waals surface area contributed by atoms with E-state index in [0.29, 0.717) is 17.5 Å². The first-order chi connectivity index (χ1) is 9.08. The van der Waals surface area contributed by atoms with E-state index >= 15 is 0 Å². The smallest absolute Gasteiger partial charge is 0.281 e. The lowest BCUT2D eigenvalue weighted by Gasteiger charge is -2.12. The Morgan fingerprint density at radius 1 is 1.42 bits per heavy atom. The number of hydrogen-bond acceptors (Lipinski definition) is 5. The zero-order valence-corrected chi connectivity index (χ0v) is 11.7. The second-order valence-corrected chi connectivity index (χ2v) is 5.31. The van der Waals surface area contributed by atoms with Crippen LogP contribution < -0.4 is 5.73 Å².